The highest BCUT2D eigenvalue weighted by molar-refractivity contribution is 7.14. The van der Waals surface area contributed by atoms with Crippen molar-refractivity contribution in [3.63, 3.8) is 0 Å². The minimum atomic E-state index is -4.53. The third-order valence-corrected chi connectivity index (χ3v) is 6.11. The number of benzene rings is 1. The van der Waals surface area contributed by atoms with Crippen LogP contribution in [0.1, 0.15) is 28.2 Å². The maximum absolute atomic E-state index is 12.7. The molecule has 1 aliphatic heterocycles. The topological polar surface area (TPSA) is 117 Å². The highest BCUT2D eigenvalue weighted by Crippen LogP contribution is 2.31. The summed E-state index contributed by atoms with van der Waals surface area (Å²) in [7, 11) is 0. The van der Waals surface area contributed by atoms with E-state index in [-0.39, 0.29) is 12.3 Å². The molecule has 0 bridgehead atoms. The molecule has 8 nitrogen and oxygen atoms in total. The predicted molar refractivity (Wildman–Crippen MR) is 114 cm³/mol. The van der Waals surface area contributed by atoms with Crippen molar-refractivity contribution in [2.45, 2.75) is 37.9 Å². The second kappa shape index (κ2) is 9.14. The van der Waals surface area contributed by atoms with E-state index in [1.54, 1.807) is 0 Å². The third kappa shape index (κ3) is 5.64. The number of aromatic nitrogens is 3. The van der Waals surface area contributed by atoms with Crippen molar-refractivity contribution in [1.82, 2.24) is 20.5 Å². The second-order valence-corrected chi connectivity index (χ2v) is 8.60. The van der Waals surface area contributed by atoms with Gasteiger partial charge in [0.25, 0.3) is 0 Å². The Labute approximate surface area is 189 Å². The Morgan fingerprint density at radius 1 is 1.24 bits per heavy atom. The zero-order valence-corrected chi connectivity index (χ0v) is 17.8. The van der Waals surface area contributed by atoms with E-state index in [1.165, 1.54) is 17.4 Å². The minimum absolute atomic E-state index is 0.0553. The van der Waals surface area contributed by atoms with Crippen LogP contribution in [0.5, 0.6) is 0 Å². The summed E-state index contributed by atoms with van der Waals surface area (Å²) in [6, 6.07) is 7.20. The molecule has 0 spiro atoms. The lowest BCUT2D eigenvalue weighted by Crippen LogP contribution is -2.35. The van der Waals surface area contributed by atoms with Gasteiger partial charge in [-0.15, -0.1) is 10.2 Å². The molecule has 3 N–H and O–H groups in total. The van der Waals surface area contributed by atoms with E-state index in [4.69, 9.17) is 5.11 Å². The lowest BCUT2D eigenvalue weighted by molar-refractivity contribution is -0.141. The number of pyridine rings is 1. The second-order valence-electron chi connectivity index (χ2n) is 7.54. The summed E-state index contributed by atoms with van der Waals surface area (Å²) in [6.45, 7) is 0. The number of amides is 2. The fourth-order valence-electron chi connectivity index (χ4n) is 3.53. The molecule has 0 fully saturated rings. The summed E-state index contributed by atoms with van der Waals surface area (Å²) in [4.78, 5) is 26.1. The zero-order valence-electron chi connectivity index (χ0n) is 17.0. The van der Waals surface area contributed by atoms with Crippen LogP contribution >= 0.6 is 11.3 Å². The van der Waals surface area contributed by atoms with Crippen LogP contribution in [0, 0.1) is 0 Å². The Hall–Kier alpha value is -3.54. The van der Waals surface area contributed by atoms with Crippen molar-refractivity contribution in [2.24, 2.45) is 0 Å². The summed E-state index contributed by atoms with van der Waals surface area (Å²) >= 11 is 1.36. The van der Waals surface area contributed by atoms with Crippen molar-refractivity contribution < 1.29 is 27.9 Å². The number of aryl methyl sites for hydroxylation is 1. The first-order valence-electron chi connectivity index (χ1n) is 9.94. The quantitative estimate of drug-likeness (QED) is 0.475. The van der Waals surface area contributed by atoms with Crippen LogP contribution in [-0.2, 0) is 30.2 Å². The number of carbonyl (C=O) groups is 2. The van der Waals surface area contributed by atoms with Crippen LogP contribution in [0.3, 0.4) is 0 Å². The molecule has 0 saturated heterocycles. The number of fused-ring (bicyclic) bond motifs is 1. The van der Waals surface area contributed by atoms with Crippen LogP contribution in [0.2, 0.25) is 0 Å². The molecule has 33 heavy (non-hydrogen) atoms. The van der Waals surface area contributed by atoms with Gasteiger partial charge in [0.05, 0.1) is 6.42 Å². The standard InChI is InChI=1S/C21H18F3N5O3S/c22-21(23,24)16-5-1-11(10-25-16)7-14(26-20(31)32)3-6-18-28-29-19(33-18)12-2-4-15-13(8-12)9-17(30)27-15/h1-2,4-5,8,10,14,26H,3,6-7,9H2,(H,27,30)(H,31,32). The average Bonchev–Trinajstić information content (AvgIpc) is 3.36. The molecule has 3 heterocycles. The molecule has 0 saturated carbocycles. The molecule has 12 heteroatoms. The largest absolute Gasteiger partial charge is 0.465 e. The molecular formula is C21H18F3N5O3S. The molecular weight excluding hydrogens is 459 g/mol. The molecule has 2 aromatic heterocycles. The van der Waals surface area contributed by atoms with E-state index >= 15 is 0 Å². The van der Waals surface area contributed by atoms with Gasteiger partial charge in [-0.05, 0) is 48.2 Å². The van der Waals surface area contributed by atoms with Gasteiger partial charge in [0, 0.05) is 29.9 Å². The maximum atomic E-state index is 12.7. The molecule has 1 unspecified atom stereocenters. The van der Waals surface area contributed by atoms with Crippen molar-refractivity contribution in [3.05, 3.63) is 58.4 Å². The Morgan fingerprint density at radius 2 is 2.06 bits per heavy atom. The van der Waals surface area contributed by atoms with E-state index < -0.39 is 24.0 Å². The number of carbonyl (C=O) groups excluding carboxylic acids is 1. The smallest absolute Gasteiger partial charge is 0.433 e. The highest BCUT2D eigenvalue weighted by atomic mass is 32.1. The van der Waals surface area contributed by atoms with Gasteiger partial charge in [-0.25, -0.2) is 4.79 Å². The number of alkyl halides is 3. The van der Waals surface area contributed by atoms with Crippen LogP contribution < -0.4 is 10.6 Å². The number of anilines is 1. The van der Waals surface area contributed by atoms with E-state index in [9.17, 15) is 22.8 Å². The molecule has 2 amide bonds. The first-order valence-corrected chi connectivity index (χ1v) is 10.8. The number of nitrogens with one attached hydrogen (secondary N) is 2. The number of carboxylic acid groups (broad SMARTS) is 1. The van der Waals surface area contributed by atoms with Gasteiger partial charge in [0.15, 0.2) is 0 Å². The summed E-state index contributed by atoms with van der Waals surface area (Å²) < 4.78 is 38.1. The number of halogens is 3. The number of nitrogens with zero attached hydrogens (tertiary/aromatic N) is 3. The lowest BCUT2D eigenvalue weighted by atomic mass is 10.0. The van der Waals surface area contributed by atoms with Crippen LogP contribution in [-0.4, -0.2) is 38.3 Å². The van der Waals surface area contributed by atoms with Crippen LogP contribution in [0.4, 0.5) is 23.7 Å². The van der Waals surface area contributed by atoms with Crippen molar-refractivity contribution >= 4 is 29.0 Å². The Morgan fingerprint density at radius 3 is 2.76 bits per heavy atom. The maximum Gasteiger partial charge on any atom is 0.433 e. The summed E-state index contributed by atoms with van der Waals surface area (Å²) in [5.41, 5.74) is 2.01. The fraction of sp³-hybridized carbons (Fsp3) is 0.286. The Bertz CT molecular complexity index is 1180. The van der Waals surface area contributed by atoms with Gasteiger partial charge in [-0.2, -0.15) is 13.2 Å². The number of hydrogen-bond donors (Lipinski definition) is 3. The van der Waals surface area contributed by atoms with Gasteiger partial charge >= 0.3 is 12.3 Å². The molecule has 1 atom stereocenters. The summed E-state index contributed by atoms with van der Waals surface area (Å²) in [5.74, 6) is -0.0553. The van der Waals surface area contributed by atoms with E-state index in [1.807, 2.05) is 18.2 Å². The van der Waals surface area contributed by atoms with E-state index in [0.29, 0.717) is 34.8 Å². The average molecular weight is 477 g/mol. The number of hydrogen-bond acceptors (Lipinski definition) is 6. The molecule has 3 aromatic rings. The molecule has 1 aliphatic rings. The molecule has 1 aromatic carbocycles. The molecule has 172 valence electrons. The SMILES string of the molecule is O=C(O)NC(CCc1nnc(-c2ccc3c(c2)CC(=O)N3)s1)Cc1ccc(C(F)(F)F)nc1. The first-order chi connectivity index (χ1) is 15.7. The zero-order chi connectivity index (χ0) is 23.6. The van der Waals surface area contributed by atoms with Crippen molar-refractivity contribution in [3.8, 4) is 10.6 Å². The van der Waals surface area contributed by atoms with Gasteiger partial charge < -0.3 is 15.7 Å². The predicted octanol–water partition coefficient (Wildman–Crippen LogP) is 3.93. The first kappa shape index (κ1) is 22.6. The van der Waals surface area contributed by atoms with Gasteiger partial charge in [0.1, 0.15) is 15.7 Å². The summed E-state index contributed by atoms with van der Waals surface area (Å²) in [5, 5.41) is 24.0. The van der Waals surface area contributed by atoms with E-state index in [2.05, 4.69) is 25.8 Å². The molecule has 4 rings (SSSR count). The normalized spacial score (nSPS) is 14.0. The Balaban J connectivity index is 1.41. The fourth-order valence-corrected chi connectivity index (χ4v) is 4.38. The van der Waals surface area contributed by atoms with Gasteiger partial charge in [-0.3, -0.25) is 9.78 Å². The molecule has 0 aliphatic carbocycles. The monoisotopic (exact) mass is 477 g/mol. The van der Waals surface area contributed by atoms with Gasteiger partial charge in [0.2, 0.25) is 5.91 Å². The minimum Gasteiger partial charge on any atom is -0.465 e. The highest BCUT2D eigenvalue weighted by Gasteiger charge is 2.32. The number of rotatable bonds is 7. The van der Waals surface area contributed by atoms with E-state index in [0.717, 1.165) is 29.1 Å². The third-order valence-electron chi connectivity index (χ3n) is 5.08. The Kier molecular flexibility index (Phi) is 6.27. The van der Waals surface area contributed by atoms with Gasteiger partial charge in [-0.1, -0.05) is 17.4 Å². The van der Waals surface area contributed by atoms with Crippen molar-refractivity contribution in [2.75, 3.05) is 5.32 Å². The lowest BCUT2D eigenvalue weighted by Gasteiger charge is -2.16. The van der Waals surface area contributed by atoms with Crippen LogP contribution in [0.25, 0.3) is 10.6 Å². The van der Waals surface area contributed by atoms with Crippen LogP contribution in [0.15, 0.2) is 36.5 Å². The molecule has 0 radical (unpaired) electrons. The van der Waals surface area contributed by atoms with Crippen molar-refractivity contribution in [1.29, 1.82) is 0 Å². The summed E-state index contributed by atoms with van der Waals surface area (Å²) in [6.07, 6.45) is -3.33.